The molecule has 0 aromatic rings. The smallest absolute Gasteiger partial charge is 0.146 e. The van der Waals surface area contributed by atoms with Gasteiger partial charge in [-0.15, -0.1) is 0 Å². The fourth-order valence-electron chi connectivity index (χ4n) is 0.578. The minimum Gasteiger partial charge on any atom is -0.382 e. The third-order valence-corrected chi connectivity index (χ3v) is 1.09. The number of hydrogen-bond acceptors (Lipinski definition) is 3. The van der Waals surface area contributed by atoms with Gasteiger partial charge in [0.25, 0.3) is 0 Å². The van der Waals surface area contributed by atoms with Crippen LogP contribution in [-0.4, -0.2) is 33.7 Å². The van der Waals surface area contributed by atoms with E-state index in [0.29, 0.717) is 26.6 Å². The highest BCUT2D eigenvalue weighted by Gasteiger charge is 2.09. The molecule has 73 valence electrons. The van der Waals surface area contributed by atoms with Crippen molar-refractivity contribution in [3.63, 3.8) is 0 Å². The molecule has 3 heteroatoms. The second-order valence-electron chi connectivity index (χ2n) is 3.53. The van der Waals surface area contributed by atoms with Crippen LogP contribution in [-0.2, 0) is 14.2 Å². The molecule has 0 aromatic carbocycles. The number of rotatable bonds is 7. The molecule has 0 N–H and O–H groups in total. The molecule has 0 saturated heterocycles. The third kappa shape index (κ3) is 9.88. The standard InChI is InChI=1S/C9H19O3/c1-9(2,3)7-12-8-11-6-5-10-4/h1,5-8H2,2-4H3. The lowest BCUT2D eigenvalue weighted by Crippen LogP contribution is -2.17. The summed E-state index contributed by atoms with van der Waals surface area (Å²) < 4.78 is 15.1. The maximum absolute atomic E-state index is 5.20. The van der Waals surface area contributed by atoms with Crippen LogP contribution in [0.4, 0.5) is 0 Å². The molecule has 12 heavy (non-hydrogen) atoms. The van der Waals surface area contributed by atoms with Gasteiger partial charge >= 0.3 is 0 Å². The van der Waals surface area contributed by atoms with Crippen molar-refractivity contribution in [2.45, 2.75) is 13.8 Å². The zero-order valence-electron chi connectivity index (χ0n) is 8.26. The Morgan fingerprint density at radius 1 is 1.17 bits per heavy atom. The van der Waals surface area contributed by atoms with Gasteiger partial charge in [-0.25, -0.2) is 0 Å². The van der Waals surface area contributed by atoms with E-state index in [1.54, 1.807) is 7.11 Å². The van der Waals surface area contributed by atoms with Crippen LogP contribution in [0.1, 0.15) is 13.8 Å². The van der Waals surface area contributed by atoms with Crippen molar-refractivity contribution in [2.75, 3.05) is 33.7 Å². The van der Waals surface area contributed by atoms with E-state index in [0.717, 1.165) is 0 Å². The van der Waals surface area contributed by atoms with Crippen LogP contribution in [0.25, 0.3) is 0 Å². The van der Waals surface area contributed by atoms with Crippen LogP contribution in [0.3, 0.4) is 0 Å². The molecule has 0 unspecified atom stereocenters. The van der Waals surface area contributed by atoms with Gasteiger partial charge in [0, 0.05) is 7.11 Å². The summed E-state index contributed by atoms with van der Waals surface area (Å²) in [6, 6.07) is 0. The average molecular weight is 175 g/mol. The summed E-state index contributed by atoms with van der Waals surface area (Å²) in [6.45, 7) is 10.0. The molecule has 0 fully saturated rings. The summed E-state index contributed by atoms with van der Waals surface area (Å²) in [4.78, 5) is 0. The summed E-state index contributed by atoms with van der Waals surface area (Å²) in [5.74, 6) is 0. The van der Waals surface area contributed by atoms with Crippen LogP contribution < -0.4 is 0 Å². The Labute approximate surface area is 75.0 Å². The van der Waals surface area contributed by atoms with Gasteiger partial charge in [-0.3, -0.25) is 0 Å². The number of methoxy groups -OCH3 is 1. The molecule has 0 aliphatic heterocycles. The Kier molecular flexibility index (Phi) is 6.34. The van der Waals surface area contributed by atoms with Crippen LogP contribution >= 0.6 is 0 Å². The topological polar surface area (TPSA) is 27.7 Å². The lowest BCUT2D eigenvalue weighted by atomic mass is 9.99. The molecule has 3 nitrogen and oxygen atoms in total. The Bertz CT molecular complexity index is 96.4. The molecule has 0 atom stereocenters. The van der Waals surface area contributed by atoms with Crippen molar-refractivity contribution < 1.29 is 14.2 Å². The maximum atomic E-state index is 5.20. The zero-order valence-corrected chi connectivity index (χ0v) is 8.26. The number of ether oxygens (including phenoxy) is 3. The van der Waals surface area contributed by atoms with Crippen LogP contribution in [0, 0.1) is 12.3 Å². The summed E-state index contributed by atoms with van der Waals surface area (Å²) in [6.07, 6.45) is 0. The van der Waals surface area contributed by atoms with E-state index >= 15 is 0 Å². The number of hydrogen-bond donors (Lipinski definition) is 0. The van der Waals surface area contributed by atoms with E-state index in [1.165, 1.54) is 0 Å². The summed E-state index contributed by atoms with van der Waals surface area (Å²) in [5, 5.41) is 0. The van der Waals surface area contributed by atoms with E-state index in [4.69, 9.17) is 14.2 Å². The van der Waals surface area contributed by atoms with E-state index in [9.17, 15) is 0 Å². The molecule has 0 aromatic heterocycles. The Morgan fingerprint density at radius 3 is 2.33 bits per heavy atom. The monoisotopic (exact) mass is 175 g/mol. The zero-order chi connectivity index (χ0) is 9.45. The highest BCUT2D eigenvalue weighted by molar-refractivity contribution is 4.68. The van der Waals surface area contributed by atoms with Crippen molar-refractivity contribution in [3.05, 3.63) is 6.92 Å². The van der Waals surface area contributed by atoms with Gasteiger partial charge in [0.05, 0.1) is 19.8 Å². The molecule has 0 saturated carbocycles. The first-order valence-corrected chi connectivity index (χ1v) is 4.06. The van der Waals surface area contributed by atoms with Crippen LogP contribution in [0.15, 0.2) is 0 Å². The predicted molar refractivity (Wildman–Crippen MR) is 47.8 cm³/mol. The quantitative estimate of drug-likeness (QED) is 0.433. The van der Waals surface area contributed by atoms with Gasteiger partial charge in [-0.05, 0) is 12.3 Å². The molecule has 0 heterocycles. The molecule has 0 amide bonds. The van der Waals surface area contributed by atoms with Crippen molar-refractivity contribution in [1.29, 1.82) is 0 Å². The lowest BCUT2D eigenvalue weighted by Gasteiger charge is -2.17. The molecule has 0 rings (SSSR count). The van der Waals surface area contributed by atoms with Crippen LogP contribution in [0.5, 0.6) is 0 Å². The highest BCUT2D eigenvalue weighted by Crippen LogP contribution is 2.11. The largest absolute Gasteiger partial charge is 0.382 e. The lowest BCUT2D eigenvalue weighted by molar-refractivity contribution is -0.0800. The average Bonchev–Trinajstić information content (AvgIpc) is 1.94. The first-order valence-electron chi connectivity index (χ1n) is 4.06. The second-order valence-corrected chi connectivity index (χ2v) is 3.53. The van der Waals surface area contributed by atoms with Gasteiger partial charge in [0.1, 0.15) is 6.79 Å². The van der Waals surface area contributed by atoms with Gasteiger partial charge in [-0.2, -0.15) is 0 Å². The Hall–Kier alpha value is -0.120. The van der Waals surface area contributed by atoms with E-state index in [-0.39, 0.29) is 5.41 Å². The van der Waals surface area contributed by atoms with Crippen molar-refractivity contribution in [3.8, 4) is 0 Å². The molecular weight excluding hydrogens is 156 g/mol. The van der Waals surface area contributed by atoms with E-state index < -0.39 is 0 Å². The third-order valence-electron chi connectivity index (χ3n) is 1.09. The first kappa shape index (κ1) is 11.9. The van der Waals surface area contributed by atoms with Gasteiger partial charge in [-0.1, -0.05) is 13.8 Å². The van der Waals surface area contributed by atoms with Crippen LogP contribution in [0.2, 0.25) is 0 Å². The normalized spacial score (nSPS) is 12.0. The van der Waals surface area contributed by atoms with E-state index in [1.807, 2.05) is 13.8 Å². The van der Waals surface area contributed by atoms with Crippen molar-refractivity contribution in [2.24, 2.45) is 5.41 Å². The first-order chi connectivity index (χ1) is 5.56. The van der Waals surface area contributed by atoms with Crippen molar-refractivity contribution >= 4 is 0 Å². The minimum absolute atomic E-state index is 0.0371. The molecule has 0 aliphatic rings. The highest BCUT2D eigenvalue weighted by atomic mass is 16.7. The molecule has 1 radical (unpaired) electrons. The fourth-order valence-corrected chi connectivity index (χ4v) is 0.578. The van der Waals surface area contributed by atoms with Crippen molar-refractivity contribution in [1.82, 2.24) is 0 Å². The van der Waals surface area contributed by atoms with E-state index in [2.05, 4.69) is 6.92 Å². The molecule has 0 aliphatic carbocycles. The summed E-state index contributed by atoms with van der Waals surface area (Å²) in [5.41, 5.74) is -0.0371. The second kappa shape index (κ2) is 6.40. The molecule has 0 spiro atoms. The van der Waals surface area contributed by atoms with Gasteiger partial charge < -0.3 is 14.2 Å². The maximum Gasteiger partial charge on any atom is 0.146 e. The summed E-state index contributed by atoms with van der Waals surface area (Å²) >= 11 is 0. The Morgan fingerprint density at radius 2 is 1.83 bits per heavy atom. The predicted octanol–water partition coefficient (Wildman–Crippen LogP) is 1.48. The minimum atomic E-state index is -0.0371. The Balaban J connectivity index is 3.01. The van der Waals surface area contributed by atoms with Gasteiger partial charge in [0.15, 0.2) is 0 Å². The fraction of sp³-hybridized carbons (Fsp3) is 0.889. The molecule has 0 bridgehead atoms. The van der Waals surface area contributed by atoms with Gasteiger partial charge in [0.2, 0.25) is 0 Å². The summed E-state index contributed by atoms with van der Waals surface area (Å²) in [7, 11) is 1.64. The molecular formula is C9H19O3. The SMILES string of the molecule is [CH2]C(C)(C)COCOCCOC.